The van der Waals surface area contributed by atoms with Gasteiger partial charge >= 0.3 is 0 Å². The first-order valence-electron chi connectivity index (χ1n) is 8.45. The molecule has 0 bridgehead atoms. The van der Waals surface area contributed by atoms with Gasteiger partial charge in [0.1, 0.15) is 5.69 Å². The molecule has 5 rings (SSSR count). The topological polar surface area (TPSA) is 68.8 Å². The summed E-state index contributed by atoms with van der Waals surface area (Å²) in [7, 11) is 0. The van der Waals surface area contributed by atoms with E-state index in [1.807, 2.05) is 49.4 Å². The molecule has 0 atom stereocenters. The molecule has 3 heterocycles. The van der Waals surface area contributed by atoms with E-state index in [2.05, 4.69) is 20.4 Å². The fourth-order valence-corrected chi connectivity index (χ4v) is 4.21. The molecular formula is C19H12Cl2N6S. The second-order valence-corrected chi connectivity index (χ2v) is 8.11. The van der Waals surface area contributed by atoms with Gasteiger partial charge in [0.2, 0.25) is 5.16 Å². The Balaban J connectivity index is 1.64. The van der Waals surface area contributed by atoms with Crippen LogP contribution in [0.3, 0.4) is 0 Å². The molecule has 0 aliphatic carbocycles. The predicted molar refractivity (Wildman–Crippen MR) is 112 cm³/mol. The van der Waals surface area contributed by atoms with Gasteiger partial charge in [0.05, 0.1) is 11.2 Å². The summed E-state index contributed by atoms with van der Waals surface area (Å²) in [4.78, 5) is 0. The van der Waals surface area contributed by atoms with Gasteiger partial charge in [-0.3, -0.25) is 0 Å². The highest BCUT2D eigenvalue weighted by Gasteiger charge is 2.23. The fourth-order valence-electron chi connectivity index (χ4n) is 3.10. The zero-order chi connectivity index (χ0) is 19.3. The summed E-state index contributed by atoms with van der Waals surface area (Å²) in [5.41, 5.74) is 4.27. The summed E-state index contributed by atoms with van der Waals surface area (Å²) in [6.07, 6.45) is 0. The van der Waals surface area contributed by atoms with Crippen LogP contribution in [-0.4, -0.2) is 36.5 Å². The minimum Gasteiger partial charge on any atom is -0.186 e. The van der Waals surface area contributed by atoms with E-state index in [-0.39, 0.29) is 0 Å². The van der Waals surface area contributed by atoms with E-state index in [0.717, 1.165) is 38.6 Å². The smallest absolute Gasteiger partial charge is 0.186 e. The van der Waals surface area contributed by atoms with Crippen molar-refractivity contribution in [3.05, 3.63) is 63.8 Å². The zero-order valence-corrected chi connectivity index (χ0v) is 16.9. The van der Waals surface area contributed by atoms with E-state index >= 15 is 0 Å². The Kier molecular flexibility index (Phi) is 4.30. The normalized spacial score (nSPS) is 13.5. The van der Waals surface area contributed by atoms with Gasteiger partial charge in [0, 0.05) is 26.7 Å². The first-order chi connectivity index (χ1) is 13.6. The van der Waals surface area contributed by atoms with Crippen molar-refractivity contribution < 1.29 is 0 Å². The third kappa shape index (κ3) is 2.96. The summed E-state index contributed by atoms with van der Waals surface area (Å²) < 4.78 is 1.75. The summed E-state index contributed by atoms with van der Waals surface area (Å²) >= 11 is 13.7. The van der Waals surface area contributed by atoms with Crippen LogP contribution in [0.5, 0.6) is 0 Å². The zero-order valence-electron chi connectivity index (χ0n) is 14.6. The standard InChI is InChI=1S/C19H12Cl2N6S/c1-10-14-8-13(21)6-7-15(14)22-23-17(10)16-9-28-19-25-24-18(27(19)26-16)11-2-4-12(20)5-3-11/h2-8H,9H2,1H3. The second-order valence-electron chi connectivity index (χ2n) is 6.30. The highest BCUT2D eigenvalue weighted by Crippen LogP contribution is 2.30. The molecule has 0 N–H and O–H groups in total. The molecule has 4 aromatic rings. The van der Waals surface area contributed by atoms with Crippen molar-refractivity contribution in [1.82, 2.24) is 25.1 Å². The van der Waals surface area contributed by atoms with Crippen LogP contribution < -0.4 is 0 Å². The number of hydrogen-bond donors (Lipinski definition) is 0. The van der Waals surface area contributed by atoms with Crippen molar-refractivity contribution in [3.8, 4) is 11.4 Å². The molecule has 6 nitrogen and oxygen atoms in total. The van der Waals surface area contributed by atoms with Gasteiger partial charge in [-0.2, -0.15) is 9.78 Å². The number of benzene rings is 2. The van der Waals surface area contributed by atoms with E-state index in [1.54, 1.807) is 16.4 Å². The number of halogens is 2. The third-order valence-corrected chi connectivity index (χ3v) is 5.94. The molecule has 138 valence electrons. The number of aryl methyl sites for hydroxylation is 1. The van der Waals surface area contributed by atoms with Gasteiger partial charge in [-0.1, -0.05) is 35.0 Å². The molecule has 1 aliphatic heterocycles. The maximum Gasteiger partial charge on any atom is 0.212 e. The minimum atomic E-state index is 0.639. The quantitative estimate of drug-likeness (QED) is 0.457. The molecule has 0 radical (unpaired) electrons. The SMILES string of the molecule is Cc1c(C2=Nn3c(nnc3-c3ccc(Cl)cc3)SC2)nnc2ccc(Cl)cc12. The summed E-state index contributed by atoms with van der Waals surface area (Å²) in [6, 6.07) is 13.0. The van der Waals surface area contributed by atoms with Crippen LogP contribution in [0.4, 0.5) is 0 Å². The average molecular weight is 427 g/mol. The van der Waals surface area contributed by atoms with Crippen LogP contribution in [0, 0.1) is 6.92 Å². The van der Waals surface area contributed by atoms with Crippen molar-refractivity contribution >= 4 is 51.6 Å². The molecule has 0 fully saturated rings. The number of thioether (sulfide) groups is 1. The van der Waals surface area contributed by atoms with Gasteiger partial charge in [-0.25, -0.2) is 0 Å². The Morgan fingerprint density at radius 3 is 2.54 bits per heavy atom. The molecule has 9 heteroatoms. The first kappa shape index (κ1) is 17.6. The van der Waals surface area contributed by atoms with Crippen LogP contribution in [0.15, 0.2) is 52.7 Å². The molecule has 2 aromatic carbocycles. The highest BCUT2D eigenvalue weighted by atomic mass is 35.5. The maximum absolute atomic E-state index is 6.17. The predicted octanol–water partition coefficient (Wildman–Crippen LogP) is 4.86. The van der Waals surface area contributed by atoms with Crippen molar-refractivity contribution in [2.24, 2.45) is 5.10 Å². The average Bonchev–Trinajstić information content (AvgIpc) is 3.12. The van der Waals surface area contributed by atoms with Gasteiger partial charge in [0.25, 0.3) is 0 Å². The number of nitrogens with zero attached hydrogens (tertiary/aromatic N) is 6. The van der Waals surface area contributed by atoms with Crippen LogP contribution in [0.25, 0.3) is 22.3 Å². The van der Waals surface area contributed by atoms with E-state index < -0.39 is 0 Å². The molecular weight excluding hydrogens is 415 g/mol. The van der Waals surface area contributed by atoms with Crippen LogP contribution >= 0.6 is 35.0 Å². The molecule has 0 saturated heterocycles. The van der Waals surface area contributed by atoms with Crippen molar-refractivity contribution in [2.75, 3.05) is 5.75 Å². The summed E-state index contributed by atoms with van der Waals surface area (Å²) in [5.74, 6) is 1.30. The summed E-state index contributed by atoms with van der Waals surface area (Å²) in [6.45, 7) is 2.01. The minimum absolute atomic E-state index is 0.639. The molecule has 28 heavy (non-hydrogen) atoms. The largest absolute Gasteiger partial charge is 0.212 e. The van der Waals surface area contributed by atoms with Crippen LogP contribution in [0.1, 0.15) is 11.3 Å². The maximum atomic E-state index is 6.17. The lowest BCUT2D eigenvalue weighted by molar-refractivity contribution is 0.760. The number of aromatic nitrogens is 5. The Labute approximate surface area is 174 Å². The van der Waals surface area contributed by atoms with Gasteiger partial charge in [0.15, 0.2) is 5.82 Å². The lowest BCUT2D eigenvalue weighted by Crippen LogP contribution is -2.17. The Hall–Kier alpha value is -2.48. The van der Waals surface area contributed by atoms with E-state index in [4.69, 9.17) is 28.3 Å². The van der Waals surface area contributed by atoms with E-state index in [9.17, 15) is 0 Å². The Bertz CT molecular complexity index is 1250. The summed E-state index contributed by atoms with van der Waals surface area (Å²) in [5, 5.41) is 25.1. The first-order valence-corrected chi connectivity index (χ1v) is 10.2. The lowest BCUT2D eigenvalue weighted by atomic mass is 10.1. The van der Waals surface area contributed by atoms with Crippen molar-refractivity contribution in [1.29, 1.82) is 0 Å². The molecule has 0 amide bonds. The second kappa shape index (κ2) is 6.84. The van der Waals surface area contributed by atoms with E-state index in [0.29, 0.717) is 21.6 Å². The molecule has 0 spiro atoms. The van der Waals surface area contributed by atoms with E-state index in [1.165, 1.54) is 0 Å². The number of rotatable bonds is 2. The molecule has 1 aliphatic rings. The lowest BCUT2D eigenvalue weighted by Gasteiger charge is -2.15. The number of fused-ring (bicyclic) bond motifs is 2. The van der Waals surface area contributed by atoms with Gasteiger partial charge < -0.3 is 0 Å². The fraction of sp³-hybridized carbons (Fsp3) is 0.105. The van der Waals surface area contributed by atoms with Crippen molar-refractivity contribution in [3.63, 3.8) is 0 Å². The van der Waals surface area contributed by atoms with Crippen LogP contribution in [-0.2, 0) is 0 Å². The Morgan fingerprint density at radius 2 is 1.71 bits per heavy atom. The van der Waals surface area contributed by atoms with Gasteiger partial charge in [-0.15, -0.1) is 20.4 Å². The molecule has 0 unspecified atom stereocenters. The van der Waals surface area contributed by atoms with Gasteiger partial charge in [-0.05, 0) is 55.0 Å². The third-order valence-electron chi connectivity index (χ3n) is 4.52. The van der Waals surface area contributed by atoms with Crippen LogP contribution in [0.2, 0.25) is 10.0 Å². The monoisotopic (exact) mass is 426 g/mol. The van der Waals surface area contributed by atoms with Crippen molar-refractivity contribution in [2.45, 2.75) is 12.1 Å². The number of hydrogen-bond acceptors (Lipinski definition) is 6. The molecule has 2 aromatic heterocycles. The molecule has 0 saturated carbocycles. The Morgan fingerprint density at radius 1 is 0.929 bits per heavy atom. The highest BCUT2D eigenvalue weighted by molar-refractivity contribution is 7.99.